The van der Waals surface area contributed by atoms with E-state index >= 15 is 0 Å². The Morgan fingerprint density at radius 2 is 2.31 bits per heavy atom. The third kappa shape index (κ3) is 2.09. The maximum absolute atomic E-state index is 8.99. The molecule has 0 amide bonds. The molecular weight excluding hydrogens is 190 g/mol. The molecule has 0 aromatic carbocycles. The number of hydrogen-bond acceptors (Lipinski definition) is 4. The van der Waals surface area contributed by atoms with Gasteiger partial charge in [0.05, 0.1) is 28.5 Å². The topological polar surface area (TPSA) is 85.2 Å². The van der Waals surface area contributed by atoms with Crippen LogP contribution in [0.3, 0.4) is 0 Å². The first-order valence-electron chi connectivity index (χ1n) is 3.78. The Labute approximate surface area is 81.5 Å². The van der Waals surface area contributed by atoms with E-state index in [4.69, 9.17) is 28.2 Å². The molecule has 0 radical (unpaired) electrons. The molecule has 0 unspecified atom stereocenters. The molecule has 0 saturated heterocycles. The summed E-state index contributed by atoms with van der Waals surface area (Å²) >= 11 is 5.66. The molecule has 0 aliphatic carbocycles. The molecule has 1 atom stereocenters. The Morgan fingerprint density at radius 1 is 1.69 bits per heavy atom. The molecule has 13 heavy (non-hydrogen) atoms. The lowest BCUT2D eigenvalue weighted by molar-refractivity contribution is 0.207. The van der Waals surface area contributed by atoms with Crippen molar-refractivity contribution >= 4 is 17.3 Å². The summed E-state index contributed by atoms with van der Waals surface area (Å²) in [6.07, 6.45) is 1.45. The highest BCUT2D eigenvalue weighted by Crippen LogP contribution is 2.23. The van der Waals surface area contributed by atoms with Crippen molar-refractivity contribution in [1.29, 1.82) is 0 Å². The number of hydrogen-bond donors (Lipinski definition) is 3. The van der Waals surface area contributed by atoms with Gasteiger partial charge >= 0.3 is 0 Å². The average Bonchev–Trinajstić information content (AvgIpc) is 2.03. The predicted molar refractivity (Wildman–Crippen MR) is 52.3 cm³/mol. The molecule has 72 valence electrons. The summed E-state index contributed by atoms with van der Waals surface area (Å²) in [5.74, 6) is 0. The maximum Gasteiger partial charge on any atom is 0.0852 e. The maximum atomic E-state index is 8.99. The minimum absolute atomic E-state index is 0.216. The normalized spacial score (nSPS) is 15.4. The van der Waals surface area contributed by atoms with Crippen LogP contribution in [-0.2, 0) is 5.54 Å². The molecule has 1 heterocycles. The van der Waals surface area contributed by atoms with E-state index < -0.39 is 5.54 Å². The molecule has 1 aromatic rings. The molecular formula is C8H12ClN3O. The number of pyridine rings is 1. The van der Waals surface area contributed by atoms with E-state index in [1.807, 2.05) is 0 Å². The number of nitrogen functional groups attached to an aromatic ring is 1. The predicted octanol–water partition coefficient (Wildman–Crippen LogP) is 0.483. The quantitative estimate of drug-likeness (QED) is 0.650. The van der Waals surface area contributed by atoms with Crippen molar-refractivity contribution in [1.82, 2.24) is 4.98 Å². The van der Waals surface area contributed by atoms with E-state index in [-0.39, 0.29) is 6.61 Å². The van der Waals surface area contributed by atoms with Crippen LogP contribution in [0.4, 0.5) is 5.69 Å². The van der Waals surface area contributed by atoms with Crippen molar-refractivity contribution in [2.24, 2.45) is 5.73 Å². The molecule has 4 nitrogen and oxygen atoms in total. The third-order valence-corrected chi connectivity index (χ3v) is 1.96. The van der Waals surface area contributed by atoms with Gasteiger partial charge in [-0.3, -0.25) is 4.98 Å². The molecule has 0 spiro atoms. The number of aliphatic hydroxyl groups is 1. The van der Waals surface area contributed by atoms with Gasteiger partial charge in [-0.15, -0.1) is 0 Å². The Hall–Kier alpha value is -0.840. The monoisotopic (exact) mass is 201 g/mol. The van der Waals surface area contributed by atoms with Crippen LogP contribution in [0.25, 0.3) is 0 Å². The number of halogens is 1. The van der Waals surface area contributed by atoms with Crippen LogP contribution >= 0.6 is 11.6 Å². The van der Waals surface area contributed by atoms with Crippen LogP contribution in [0.5, 0.6) is 0 Å². The fourth-order valence-electron chi connectivity index (χ4n) is 1.01. The lowest BCUT2D eigenvalue weighted by atomic mass is 9.98. The van der Waals surface area contributed by atoms with E-state index in [1.165, 1.54) is 6.20 Å². The summed E-state index contributed by atoms with van der Waals surface area (Å²) in [6, 6.07) is 1.56. The average molecular weight is 202 g/mol. The van der Waals surface area contributed by atoms with Crippen LogP contribution in [0, 0.1) is 0 Å². The second kappa shape index (κ2) is 3.49. The largest absolute Gasteiger partial charge is 0.397 e. The van der Waals surface area contributed by atoms with E-state index in [0.717, 1.165) is 0 Å². The van der Waals surface area contributed by atoms with Gasteiger partial charge in [0, 0.05) is 6.20 Å². The minimum atomic E-state index is -0.922. The van der Waals surface area contributed by atoms with Gasteiger partial charge in [0.2, 0.25) is 0 Å². The molecule has 5 N–H and O–H groups in total. The lowest BCUT2D eigenvalue weighted by Crippen LogP contribution is -2.38. The Bertz CT molecular complexity index is 314. The molecule has 0 bridgehead atoms. The number of rotatable bonds is 2. The zero-order valence-corrected chi connectivity index (χ0v) is 8.04. The van der Waals surface area contributed by atoms with Crippen molar-refractivity contribution in [3.05, 3.63) is 23.0 Å². The fourth-order valence-corrected chi connectivity index (χ4v) is 1.17. The number of nitrogens with two attached hydrogens (primary N) is 2. The van der Waals surface area contributed by atoms with E-state index in [1.54, 1.807) is 13.0 Å². The Kier molecular flexibility index (Phi) is 2.75. The van der Waals surface area contributed by atoms with Gasteiger partial charge in [-0.05, 0) is 13.0 Å². The van der Waals surface area contributed by atoms with Gasteiger partial charge in [0.1, 0.15) is 0 Å². The first kappa shape index (κ1) is 10.2. The second-order valence-corrected chi connectivity index (χ2v) is 3.60. The highest BCUT2D eigenvalue weighted by atomic mass is 35.5. The zero-order chi connectivity index (χ0) is 10.1. The fraction of sp³-hybridized carbons (Fsp3) is 0.375. The van der Waals surface area contributed by atoms with Crippen molar-refractivity contribution in [3.8, 4) is 0 Å². The highest BCUT2D eigenvalue weighted by molar-refractivity contribution is 6.30. The van der Waals surface area contributed by atoms with Gasteiger partial charge in [-0.2, -0.15) is 0 Å². The summed E-state index contributed by atoms with van der Waals surface area (Å²) in [5, 5.41) is 9.44. The first-order chi connectivity index (χ1) is 5.97. The second-order valence-electron chi connectivity index (χ2n) is 3.17. The van der Waals surface area contributed by atoms with Crippen LogP contribution in [0.1, 0.15) is 12.6 Å². The zero-order valence-electron chi connectivity index (χ0n) is 7.29. The minimum Gasteiger partial charge on any atom is -0.397 e. The summed E-state index contributed by atoms with van der Waals surface area (Å²) in [4.78, 5) is 3.98. The van der Waals surface area contributed by atoms with Crippen molar-refractivity contribution in [2.75, 3.05) is 12.3 Å². The number of aliphatic hydroxyl groups excluding tert-OH is 1. The first-order valence-corrected chi connectivity index (χ1v) is 4.16. The standard InChI is InChI=1S/C8H12ClN3O/c1-8(11,4-13)7-6(10)2-5(9)3-12-7/h2-3,13H,4,10-11H2,1H3/t8-/m1/s1. The molecule has 0 saturated carbocycles. The van der Waals surface area contributed by atoms with E-state index in [2.05, 4.69) is 4.98 Å². The Morgan fingerprint density at radius 3 is 2.77 bits per heavy atom. The molecule has 0 fully saturated rings. The van der Waals surface area contributed by atoms with Crippen LogP contribution in [0.15, 0.2) is 12.3 Å². The molecule has 1 rings (SSSR count). The smallest absolute Gasteiger partial charge is 0.0852 e. The van der Waals surface area contributed by atoms with Crippen molar-refractivity contribution < 1.29 is 5.11 Å². The van der Waals surface area contributed by atoms with Gasteiger partial charge < -0.3 is 16.6 Å². The number of anilines is 1. The summed E-state index contributed by atoms with van der Waals surface area (Å²) in [5.41, 5.74) is 11.3. The van der Waals surface area contributed by atoms with Gasteiger partial charge in [0.15, 0.2) is 0 Å². The van der Waals surface area contributed by atoms with Crippen molar-refractivity contribution in [2.45, 2.75) is 12.5 Å². The highest BCUT2D eigenvalue weighted by Gasteiger charge is 2.24. The van der Waals surface area contributed by atoms with Crippen molar-refractivity contribution in [3.63, 3.8) is 0 Å². The van der Waals surface area contributed by atoms with Gasteiger partial charge in [-0.1, -0.05) is 11.6 Å². The third-order valence-electron chi connectivity index (χ3n) is 1.75. The molecule has 0 aliphatic rings. The summed E-state index contributed by atoms with van der Waals surface area (Å²) in [7, 11) is 0. The van der Waals surface area contributed by atoms with Gasteiger partial charge in [-0.25, -0.2) is 0 Å². The molecule has 1 aromatic heterocycles. The number of nitrogens with zero attached hydrogens (tertiary/aromatic N) is 1. The Balaban J connectivity index is 3.16. The lowest BCUT2D eigenvalue weighted by Gasteiger charge is -2.22. The number of aromatic nitrogens is 1. The SMILES string of the molecule is C[C@@](N)(CO)c1ncc(Cl)cc1N. The summed E-state index contributed by atoms with van der Waals surface area (Å²) in [6.45, 7) is 1.44. The van der Waals surface area contributed by atoms with Gasteiger partial charge in [0.25, 0.3) is 0 Å². The van der Waals surface area contributed by atoms with E-state index in [9.17, 15) is 0 Å². The van der Waals surface area contributed by atoms with E-state index in [0.29, 0.717) is 16.4 Å². The summed E-state index contributed by atoms with van der Waals surface area (Å²) < 4.78 is 0. The van der Waals surface area contributed by atoms with Crippen LogP contribution < -0.4 is 11.5 Å². The van der Waals surface area contributed by atoms with Crippen LogP contribution in [0.2, 0.25) is 5.02 Å². The van der Waals surface area contributed by atoms with Crippen LogP contribution in [-0.4, -0.2) is 16.7 Å². The molecule has 5 heteroatoms. The molecule has 0 aliphatic heterocycles.